The number of rotatable bonds is 3. The fourth-order valence-electron chi connectivity index (χ4n) is 4.77. The molecular weight excluding hydrogens is 469 g/mol. The van der Waals surface area contributed by atoms with E-state index in [0.717, 1.165) is 25.0 Å². The Bertz CT molecular complexity index is 1220. The Balaban J connectivity index is 1.45. The quantitative estimate of drug-likeness (QED) is 0.512. The van der Waals surface area contributed by atoms with Crippen LogP contribution in [0.15, 0.2) is 23.7 Å². The normalized spacial score (nSPS) is 19.3. The van der Waals surface area contributed by atoms with Crippen LogP contribution in [0.25, 0.3) is 11.1 Å². The van der Waals surface area contributed by atoms with E-state index in [1.54, 1.807) is 29.5 Å². The van der Waals surface area contributed by atoms with Crippen molar-refractivity contribution in [3.05, 3.63) is 50.0 Å². The van der Waals surface area contributed by atoms with E-state index < -0.39 is 5.91 Å². The van der Waals surface area contributed by atoms with Crippen molar-refractivity contribution < 1.29 is 4.79 Å². The van der Waals surface area contributed by atoms with E-state index in [2.05, 4.69) is 15.0 Å². The molecule has 1 amide bonds. The first kappa shape index (κ1) is 21.4. The molecule has 0 saturated carbocycles. The monoisotopic (exact) mass is 489 g/mol. The molecular formula is C21H21Cl2N7OS. The number of hydrogen-bond acceptors (Lipinski definition) is 8. The number of nitrogen functional groups attached to an aromatic ring is 1. The van der Waals surface area contributed by atoms with Gasteiger partial charge in [0, 0.05) is 23.5 Å². The van der Waals surface area contributed by atoms with Crippen molar-refractivity contribution in [1.82, 2.24) is 15.0 Å². The topological polar surface area (TPSA) is 137 Å². The number of thiazole rings is 1. The minimum atomic E-state index is -0.715. The molecule has 32 heavy (non-hydrogen) atoms. The highest BCUT2D eigenvalue weighted by molar-refractivity contribution is 7.09. The summed E-state index contributed by atoms with van der Waals surface area (Å²) >= 11 is 14.2. The standard InChI is InChI=1S/C21H21Cl2N7OS/c22-11-3-1-2-10(14(11)23)13-16(19(26)31)28-20(29-18(13)25)30-6-4-21(5-7-30)8-12-15(17(21)24)27-9-32-12/h1-3,9,17H,4-8,24H2,(H2,26,31)(H2,25,28,29)/t17-/m1/s1. The SMILES string of the molecule is NC(=O)c1nc(N2CCC3(CC2)Cc2scnc2[C@H]3N)nc(N)c1-c1cccc(Cl)c1Cl. The zero-order chi connectivity index (χ0) is 22.6. The van der Waals surface area contributed by atoms with E-state index in [-0.39, 0.29) is 33.6 Å². The number of amides is 1. The summed E-state index contributed by atoms with van der Waals surface area (Å²) in [6, 6.07) is 5.00. The fourth-order valence-corrected chi connectivity index (χ4v) is 6.13. The summed E-state index contributed by atoms with van der Waals surface area (Å²) < 4.78 is 0. The molecule has 1 atom stereocenters. The highest BCUT2D eigenvalue weighted by Crippen LogP contribution is 2.51. The van der Waals surface area contributed by atoms with Gasteiger partial charge < -0.3 is 22.1 Å². The van der Waals surface area contributed by atoms with Crippen LogP contribution in [0.1, 0.15) is 39.9 Å². The lowest BCUT2D eigenvalue weighted by Crippen LogP contribution is -2.45. The summed E-state index contributed by atoms with van der Waals surface area (Å²) in [7, 11) is 0. The third-order valence-corrected chi connectivity index (χ3v) is 8.23. The molecule has 8 nitrogen and oxygen atoms in total. The number of fused-ring (bicyclic) bond motifs is 1. The van der Waals surface area contributed by atoms with Gasteiger partial charge in [0.2, 0.25) is 5.95 Å². The molecule has 1 spiro atoms. The van der Waals surface area contributed by atoms with E-state index in [1.165, 1.54) is 4.88 Å². The molecule has 1 aliphatic carbocycles. The van der Waals surface area contributed by atoms with Crippen LogP contribution in [-0.2, 0) is 6.42 Å². The number of halogens is 2. The van der Waals surface area contributed by atoms with E-state index in [1.807, 2.05) is 10.4 Å². The highest BCUT2D eigenvalue weighted by Gasteiger charge is 2.47. The minimum absolute atomic E-state index is 0.00174. The van der Waals surface area contributed by atoms with Crippen LogP contribution in [0.2, 0.25) is 10.0 Å². The predicted octanol–water partition coefficient (Wildman–Crippen LogP) is 3.43. The van der Waals surface area contributed by atoms with Gasteiger partial charge in [0.15, 0.2) is 0 Å². The van der Waals surface area contributed by atoms with Gasteiger partial charge in [-0.25, -0.2) is 9.97 Å². The number of primary amides is 1. The first-order chi connectivity index (χ1) is 15.3. The number of benzene rings is 1. The first-order valence-corrected chi connectivity index (χ1v) is 11.8. The molecule has 1 fully saturated rings. The van der Waals surface area contributed by atoms with Crippen molar-refractivity contribution in [3.63, 3.8) is 0 Å². The summed E-state index contributed by atoms with van der Waals surface area (Å²) in [4.78, 5) is 29.0. The van der Waals surface area contributed by atoms with Crippen LogP contribution >= 0.6 is 34.5 Å². The van der Waals surface area contributed by atoms with Crippen molar-refractivity contribution in [1.29, 1.82) is 0 Å². The lowest BCUT2D eigenvalue weighted by Gasteiger charge is -2.42. The zero-order valence-corrected chi connectivity index (χ0v) is 19.3. The van der Waals surface area contributed by atoms with Crippen LogP contribution in [0, 0.1) is 5.41 Å². The van der Waals surface area contributed by atoms with Gasteiger partial charge in [-0.1, -0.05) is 35.3 Å². The van der Waals surface area contributed by atoms with Gasteiger partial charge in [0.05, 0.1) is 32.9 Å². The van der Waals surface area contributed by atoms with Crippen molar-refractivity contribution >= 4 is 52.2 Å². The molecule has 1 aliphatic heterocycles. The Morgan fingerprint density at radius 2 is 1.97 bits per heavy atom. The lowest BCUT2D eigenvalue weighted by atomic mass is 9.74. The molecule has 0 unspecified atom stereocenters. The zero-order valence-electron chi connectivity index (χ0n) is 17.0. The summed E-state index contributed by atoms with van der Waals surface area (Å²) in [5, 5.41) is 0.594. The van der Waals surface area contributed by atoms with E-state index in [0.29, 0.717) is 29.6 Å². The van der Waals surface area contributed by atoms with Crippen molar-refractivity contribution in [2.24, 2.45) is 16.9 Å². The molecule has 6 N–H and O–H groups in total. The maximum absolute atomic E-state index is 12.3. The number of aromatic nitrogens is 3. The molecule has 0 radical (unpaired) electrons. The smallest absolute Gasteiger partial charge is 0.268 e. The molecule has 3 heterocycles. The number of nitrogens with two attached hydrogens (primary N) is 3. The van der Waals surface area contributed by atoms with Crippen LogP contribution < -0.4 is 22.1 Å². The summed E-state index contributed by atoms with van der Waals surface area (Å²) in [5.74, 6) is -0.224. The second-order valence-corrected chi connectivity index (χ2v) is 9.99. The Hall–Kier alpha value is -2.46. The lowest BCUT2D eigenvalue weighted by molar-refractivity contribution is 0.0996. The molecule has 1 aromatic carbocycles. The van der Waals surface area contributed by atoms with Gasteiger partial charge in [-0.3, -0.25) is 4.79 Å². The number of carbonyl (C=O) groups excluding carboxylic acids is 1. The minimum Gasteiger partial charge on any atom is -0.383 e. The molecule has 2 aromatic heterocycles. The Kier molecular flexibility index (Phi) is 5.24. The van der Waals surface area contributed by atoms with Crippen LogP contribution in [-0.4, -0.2) is 33.9 Å². The van der Waals surface area contributed by atoms with E-state index in [9.17, 15) is 4.79 Å². The van der Waals surface area contributed by atoms with E-state index >= 15 is 0 Å². The largest absolute Gasteiger partial charge is 0.383 e. The van der Waals surface area contributed by atoms with Gasteiger partial charge >= 0.3 is 0 Å². The molecule has 0 bridgehead atoms. The molecule has 166 valence electrons. The molecule has 5 rings (SSSR count). The summed E-state index contributed by atoms with van der Waals surface area (Å²) in [6.07, 6.45) is 2.69. The highest BCUT2D eigenvalue weighted by atomic mass is 35.5. The second-order valence-electron chi connectivity index (χ2n) is 8.26. The number of carbonyl (C=O) groups is 1. The van der Waals surface area contributed by atoms with Crippen molar-refractivity contribution in [2.45, 2.75) is 25.3 Å². The predicted molar refractivity (Wildman–Crippen MR) is 127 cm³/mol. The second kappa shape index (κ2) is 7.84. The third-order valence-electron chi connectivity index (χ3n) is 6.56. The Labute approximate surface area is 198 Å². The maximum atomic E-state index is 12.3. The van der Waals surface area contributed by atoms with Crippen LogP contribution in [0.3, 0.4) is 0 Å². The van der Waals surface area contributed by atoms with Gasteiger partial charge in [-0.2, -0.15) is 4.98 Å². The number of anilines is 2. The van der Waals surface area contributed by atoms with Gasteiger partial charge in [0.25, 0.3) is 5.91 Å². The maximum Gasteiger partial charge on any atom is 0.268 e. The number of hydrogen-bond donors (Lipinski definition) is 3. The number of nitrogens with zero attached hydrogens (tertiary/aromatic N) is 4. The Morgan fingerprint density at radius 3 is 2.66 bits per heavy atom. The van der Waals surface area contributed by atoms with Crippen LogP contribution in [0.5, 0.6) is 0 Å². The Morgan fingerprint density at radius 1 is 1.22 bits per heavy atom. The molecule has 3 aromatic rings. The molecule has 11 heteroatoms. The number of piperidine rings is 1. The van der Waals surface area contributed by atoms with Crippen molar-refractivity contribution in [2.75, 3.05) is 23.7 Å². The summed E-state index contributed by atoms with van der Waals surface area (Å²) in [6.45, 7) is 1.38. The molecule has 1 saturated heterocycles. The average molecular weight is 490 g/mol. The van der Waals surface area contributed by atoms with Gasteiger partial charge in [-0.05, 0) is 30.7 Å². The van der Waals surface area contributed by atoms with Gasteiger partial charge in [0.1, 0.15) is 11.5 Å². The molecule has 2 aliphatic rings. The average Bonchev–Trinajstić information content (AvgIpc) is 3.32. The van der Waals surface area contributed by atoms with E-state index in [4.69, 9.17) is 40.4 Å². The van der Waals surface area contributed by atoms with Gasteiger partial charge in [-0.15, -0.1) is 11.3 Å². The summed E-state index contributed by atoms with van der Waals surface area (Å²) in [5.41, 5.74) is 22.2. The first-order valence-electron chi connectivity index (χ1n) is 10.2. The third kappa shape index (κ3) is 3.31. The van der Waals surface area contributed by atoms with Crippen LogP contribution in [0.4, 0.5) is 11.8 Å². The van der Waals surface area contributed by atoms with Crippen molar-refractivity contribution in [3.8, 4) is 11.1 Å². The fraction of sp³-hybridized carbons (Fsp3) is 0.333.